The number of rotatable bonds is 4. The van der Waals surface area contributed by atoms with Crippen molar-refractivity contribution >= 4 is 9.84 Å². The maximum absolute atomic E-state index is 11.5. The van der Waals surface area contributed by atoms with Crippen molar-refractivity contribution in [2.24, 2.45) is 5.92 Å². The molecule has 4 heteroatoms. The van der Waals surface area contributed by atoms with Crippen LogP contribution in [0, 0.1) is 5.92 Å². The average Bonchev–Trinajstić information content (AvgIpc) is 2.34. The van der Waals surface area contributed by atoms with Gasteiger partial charge < -0.3 is 4.74 Å². The first-order valence-corrected chi connectivity index (χ1v) is 7.39. The molecule has 88 valence electrons. The lowest BCUT2D eigenvalue weighted by Crippen LogP contribution is -2.16. The smallest absolute Gasteiger partial charge is 0.150 e. The summed E-state index contributed by atoms with van der Waals surface area (Å²) in [4.78, 5) is 0. The van der Waals surface area contributed by atoms with Crippen LogP contribution >= 0.6 is 0 Å². The minimum Gasteiger partial charge on any atom is -0.502 e. The van der Waals surface area contributed by atoms with E-state index in [1.807, 2.05) is 13.0 Å². The zero-order valence-electron chi connectivity index (χ0n) is 9.31. The van der Waals surface area contributed by atoms with Crippen LogP contribution in [-0.4, -0.2) is 26.5 Å². The van der Waals surface area contributed by atoms with Crippen LogP contribution in [0.2, 0.25) is 0 Å². The van der Waals surface area contributed by atoms with Gasteiger partial charge in [-0.3, -0.25) is 0 Å². The predicted octanol–water partition coefficient (Wildman–Crippen LogP) is 2.14. The van der Waals surface area contributed by atoms with Gasteiger partial charge in [0.15, 0.2) is 9.84 Å². The van der Waals surface area contributed by atoms with Crippen molar-refractivity contribution in [2.75, 3.05) is 18.1 Å². The highest BCUT2D eigenvalue weighted by Gasteiger charge is 2.22. The van der Waals surface area contributed by atoms with Crippen molar-refractivity contribution in [2.45, 2.75) is 32.6 Å². The van der Waals surface area contributed by atoms with E-state index in [1.54, 1.807) is 6.26 Å². The van der Waals surface area contributed by atoms with Crippen molar-refractivity contribution < 1.29 is 13.2 Å². The third-order valence-corrected chi connectivity index (χ3v) is 4.57. The summed E-state index contributed by atoms with van der Waals surface area (Å²) >= 11 is 0. The third-order valence-electron chi connectivity index (χ3n) is 2.68. The summed E-state index contributed by atoms with van der Waals surface area (Å²) in [6.45, 7) is 2.53. The van der Waals surface area contributed by atoms with Crippen molar-refractivity contribution in [3.8, 4) is 0 Å². The van der Waals surface area contributed by atoms with E-state index in [9.17, 15) is 8.42 Å². The van der Waals surface area contributed by atoms with Gasteiger partial charge in [-0.1, -0.05) is 12.5 Å². The van der Waals surface area contributed by atoms with Crippen LogP contribution in [0.25, 0.3) is 0 Å². The Bertz CT molecular complexity index is 293. The Morgan fingerprint density at radius 3 is 2.93 bits per heavy atom. The molecule has 1 saturated heterocycles. The molecule has 0 aromatic heterocycles. The summed E-state index contributed by atoms with van der Waals surface area (Å²) in [6.07, 6.45) is 7.24. The number of allylic oxidation sites excluding steroid dienone is 1. The average molecular weight is 232 g/mol. The van der Waals surface area contributed by atoms with Crippen molar-refractivity contribution in [1.82, 2.24) is 0 Å². The molecule has 1 aliphatic heterocycles. The molecular formula is C11H20O3S. The van der Waals surface area contributed by atoms with Crippen LogP contribution in [-0.2, 0) is 14.6 Å². The number of sulfone groups is 1. The van der Waals surface area contributed by atoms with Gasteiger partial charge in [-0.15, -0.1) is 0 Å². The summed E-state index contributed by atoms with van der Waals surface area (Å²) in [6, 6.07) is 0. The molecule has 0 bridgehead atoms. The quantitative estimate of drug-likeness (QED) is 0.551. The monoisotopic (exact) mass is 232 g/mol. The highest BCUT2D eigenvalue weighted by atomic mass is 32.2. The van der Waals surface area contributed by atoms with Crippen LogP contribution in [0.3, 0.4) is 0 Å². The van der Waals surface area contributed by atoms with Crippen molar-refractivity contribution in [3.05, 3.63) is 12.3 Å². The molecule has 1 fully saturated rings. The van der Waals surface area contributed by atoms with E-state index < -0.39 is 9.84 Å². The fourth-order valence-corrected chi connectivity index (χ4v) is 3.77. The van der Waals surface area contributed by atoms with Crippen LogP contribution in [0.4, 0.5) is 0 Å². The lowest BCUT2D eigenvalue weighted by Gasteiger charge is -2.12. The Hall–Kier alpha value is -0.510. The largest absolute Gasteiger partial charge is 0.502 e. The molecule has 15 heavy (non-hydrogen) atoms. The number of hydrogen-bond acceptors (Lipinski definition) is 3. The Kier molecular flexibility index (Phi) is 5.15. The first-order valence-electron chi connectivity index (χ1n) is 5.57. The van der Waals surface area contributed by atoms with E-state index in [0.29, 0.717) is 24.0 Å². The third kappa shape index (κ3) is 5.21. The Labute approximate surface area is 92.4 Å². The fraction of sp³-hybridized carbons (Fsp3) is 0.818. The SMILES string of the molecule is C/C=C/OCCC1CCCCS(=O)(=O)C1. The molecule has 0 amide bonds. The van der Waals surface area contributed by atoms with E-state index in [-0.39, 0.29) is 0 Å². The standard InChI is InChI=1S/C11H20O3S/c1-2-7-14-8-6-11-5-3-4-9-15(12,13)10-11/h2,7,11H,3-6,8-10H2,1H3/b7-2+. The molecule has 0 aromatic rings. The molecule has 0 saturated carbocycles. The fourth-order valence-electron chi connectivity index (χ4n) is 1.91. The van der Waals surface area contributed by atoms with Crippen LogP contribution in [0.15, 0.2) is 12.3 Å². The highest BCUT2D eigenvalue weighted by molar-refractivity contribution is 7.91. The normalized spacial score (nSPS) is 26.3. The molecule has 0 aliphatic carbocycles. The Balaban J connectivity index is 2.33. The molecule has 1 heterocycles. The van der Waals surface area contributed by atoms with Crippen molar-refractivity contribution in [3.63, 3.8) is 0 Å². The predicted molar refractivity (Wildman–Crippen MR) is 61.4 cm³/mol. The molecule has 0 radical (unpaired) electrons. The lowest BCUT2D eigenvalue weighted by atomic mass is 10.0. The second-order valence-electron chi connectivity index (χ2n) is 4.11. The van der Waals surface area contributed by atoms with Crippen LogP contribution in [0.1, 0.15) is 32.6 Å². The molecule has 1 atom stereocenters. The van der Waals surface area contributed by atoms with Gasteiger partial charge in [-0.25, -0.2) is 8.42 Å². The lowest BCUT2D eigenvalue weighted by molar-refractivity contribution is 0.222. The first kappa shape index (κ1) is 12.6. The summed E-state index contributed by atoms with van der Waals surface area (Å²) in [5.74, 6) is 1.02. The minimum absolute atomic E-state index is 0.294. The van der Waals surface area contributed by atoms with E-state index >= 15 is 0 Å². The van der Waals surface area contributed by atoms with E-state index in [4.69, 9.17) is 4.74 Å². The molecule has 1 aliphatic rings. The van der Waals surface area contributed by atoms with Gasteiger partial charge in [0.1, 0.15) is 0 Å². The molecular weight excluding hydrogens is 212 g/mol. The van der Waals surface area contributed by atoms with Gasteiger partial charge in [0.2, 0.25) is 0 Å². The van der Waals surface area contributed by atoms with E-state index in [0.717, 1.165) is 25.7 Å². The van der Waals surface area contributed by atoms with Crippen molar-refractivity contribution in [1.29, 1.82) is 0 Å². The van der Waals surface area contributed by atoms with Gasteiger partial charge in [-0.2, -0.15) is 0 Å². The summed E-state index contributed by atoms with van der Waals surface area (Å²) in [5, 5.41) is 0. The molecule has 0 N–H and O–H groups in total. The first-order chi connectivity index (χ1) is 7.14. The minimum atomic E-state index is -2.78. The van der Waals surface area contributed by atoms with Gasteiger partial charge in [0.25, 0.3) is 0 Å². The van der Waals surface area contributed by atoms with Gasteiger partial charge in [0, 0.05) is 0 Å². The Morgan fingerprint density at radius 1 is 1.40 bits per heavy atom. The zero-order chi connectivity index (χ0) is 11.1. The second-order valence-corrected chi connectivity index (χ2v) is 6.33. The summed E-state index contributed by atoms with van der Waals surface area (Å²) < 4.78 is 28.2. The molecule has 1 rings (SSSR count). The molecule has 1 unspecified atom stereocenters. The van der Waals surface area contributed by atoms with E-state index in [2.05, 4.69) is 0 Å². The Morgan fingerprint density at radius 2 is 2.20 bits per heavy atom. The number of hydrogen-bond donors (Lipinski definition) is 0. The van der Waals surface area contributed by atoms with Crippen LogP contribution in [0.5, 0.6) is 0 Å². The summed E-state index contributed by atoms with van der Waals surface area (Å²) in [7, 11) is -2.78. The zero-order valence-corrected chi connectivity index (χ0v) is 10.1. The highest BCUT2D eigenvalue weighted by Crippen LogP contribution is 2.20. The maximum atomic E-state index is 11.5. The van der Waals surface area contributed by atoms with Gasteiger partial charge in [0.05, 0.1) is 24.4 Å². The van der Waals surface area contributed by atoms with Gasteiger partial charge in [-0.05, 0) is 32.1 Å². The summed E-state index contributed by atoms with van der Waals surface area (Å²) in [5.41, 5.74) is 0. The van der Waals surface area contributed by atoms with Crippen LogP contribution < -0.4 is 0 Å². The topological polar surface area (TPSA) is 43.4 Å². The van der Waals surface area contributed by atoms with E-state index in [1.165, 1.54) is 0 Å². The number of ether oxygens (including phenoxy) is 1. The molecule has 3 nitrogen and oxygen atoms in total. The molecule has 0 spiro atoms. The second kappa shape index (κ2) is 6.16. The maximum Gasteiger partial charge on any atom is 0.150 e. The molecule has 0 aromatic carbocycles. The van der Waals surface area contributed by atoms with Gasteiger partial charge >= 0.3 is 0 Å².